The molecule has 0 aliphatic heterocycles. The van der Waals surface area contributed by atoms with Crippen LogP contribution in [0.5, 0.6) is 0 Å². The van der Waals surface area contributed by atoms with Gasteiger partial charge in [-0.05, 0) is 47.2 Å². The maximum Gasteiger partial charge on any atom is 0.225 e. The van der Waals surface area contributed by atoms with Gasteiger partial charge in [-0.3, -0.25) is 4.79 Å². The Hall–Kier alpha value is -2.38. The van der Waals surface area contributed by atoms with Gasteiger partial charge in [-0.1, -0.05) is 32.0 Å². The molecular weight excluding hydrogens is 394 g/mol. The van der Waals surface area contributed by atoms with Gasteiger partial charge in [0.05, 0.1) is 17.6 Å². The number of carbonyl (C=O) groups is 1. The van der Waals surface area contributed by atoms with Gasteiger partial charge in [-0.2, -0.15) is 0 Å². The van der Waals surface area contributed by atoms with Gasteiger partial charge in [0.2, 0.25) is 5.91 Å². The number of thiophene rings is 1. The lowest BCUT2D eigenvalue weighted by Crippen LogP contribution is -2.32. The second-order valence-electron chi connectivity index (χ2n) is 6.83. The van der Waals surface area contributed by atoms with Gasteiger partial charge in [-0.15, -0.1) is 11.3 Å². The number of nitrogens with one attached hydrogen (secondary N) is 1. The Balaban J connectivity index is 1.80. The molecule has 7 heteroatoms. The van der Waals surface area contributed by atoms with Gasteiger partial charge in [0.25, 0.3) is 0 Å². The molecule has 0 unspecified atom stereocenters. The number of benzene rings is 1. The van der Waals surface area contributed by atoms with Crippen molar-refractivity contribution in [3.05, 3.63) is 76.4 Å². The number of furan rings is 1. The molecule has 2 aromatic heterocycles. The highest BCUT2D eigenvalue weighted by Gasteiger charge is 2.32. The number of amides is 1. The van der Waals surface area contributed by atoms with Crippen LogP contribution in [0.3, 0.4) is 0 Å². The van der Waals surface area contributed by atoms with E-state index in [0.29, 0.717) is 11.7 Å². The molecule has 0 saturated carbocycles. The first kappa shape index (κ1) is 20.4. The molecule has 3 aromatic rings. The highest BCUT2D eigenvalue weighted by molar-refractivity contribution is 7.91. The van der Waals surface area contributed by atoms with E-state index in [9.17, 15) is 13.2 Å². The van der Waals surface area contributed by atoms with Crippen LogP contribution in [-0.2, 0) is 21.1 Å². The van der Waals surface area contributed by atoms with Crippen molar-refractivity contribution in [2.45, 2.75) is 36.3 Å². The molecule has 0 aliphatic carbocycles. The Bertz CT molecular complexity index is 989. The summed E-state index contributed by atoms with van der Waals surface area (Å²) in [5.41, 5.74) is 1.07. The number of hydrogen-bond donors (Lipinski definition) is 1. The molecule has 0 radical (unpaired) electrons. The zero-order chi connectivity index (χ0) is 20.1. The van der Waals surface area contributed by atoms with Crippen molar-refractivity contribution in [1.82, 2.24) is 5.32 Å². The third-order valence-corrected chi connectivity index (χ3v) is 7.46. The molecule has 0 spiro atoms. The van der Waals surface area contributed by atoms with Crippen LogP contribution in [0, 0.1) is 0 Å². The minimum atomic E-state index is -3.73. The van der Waals surface area contributed by atoms with Crippen LogP contribution >= 0.6 is 11.3 Å². The van der Waals surface area contributed by atoms with Crippen molar-refractivity contribution in [3.63, 3.8) is 0 Å². The van der Waals surface area contributed by atoms with E-state index in [4.69, 9.17) is 4.42 Å². The summed E-state index contributed by atoms with van der Waals surface area (Å²) in [5, 5.41) is 3.66. The van der Waals surface area contributed by atoms with E-state index in [1.165, 1.54) is 17.6 Å². The SMILES string of the molecule is CC(C)c1ccc(S(=O)(=O)[C@@H](CNC(=O)Cc2cccs2)c2ccco2)cc1. The van der Waals surface area contributed by atoms with Crippen LogP contribution in [0.25, 0.3) is 0 Å². The zero-order valence-corrected chi connectivity index (χ0v) is 17.4. The van der Waals surface area contributed by atoms with Crippen LogP contribution in [0.15, 0.2) is 69.5 Å². The molecule has 1 atom stereocenters. The average Bonchev–Trinajstić information content (AvgIpc) is 3.36. The summed E-state index contributed by atoms with van der Waals surface area (Å²) in [5.74, 6) is 0.405. The number of carbonyl (C=O) groups excluding carboxylic acids is 1. The predicted octanol–water partition coefficient (Wildman–Crippen LogP) is 4.34. The zero-order valence-electron chi connectivity index (χ0n) is 15.8. The summed E-state index contributed by atoms with van der Waals surface area (Å²) in [6, 6.07) is 13.9. The molecule has 0 bridgehead atoms. The number of hydrogen-bond acceptors (Lipinski definition) is 5. The molecule has 3 rings (SSSR count). The van der Waals surface area contributed by atoms with E-state index < -0.39 is 15.1 Å². The molecule has 0 saturated heterocycles. The van der Waals surface area contributed by atoms with Crippen LogP contribution in [0.2, 0.25) is 0 Å². The lowest BCUT2D eigenvalue weighted by Gasteiger charge is -2.17. The van der Waals surface area contributed by atoms with Crippen molar-refractivity contribution < 1.29 is 17.6 Å². The Labute approximate surface area is 169 Å². The van der Waals surface area contributed by atoms with E-state index in [2.05, 4.69) is 19.2 Å². The van der Waals surface area contributed by atoms with Crippen LogP contribution in [-0.4, -0.2) is 20.9 Å². The van der Waals surface area contributed by atoms with Crippen molar-refractivity contribution in [1.29, 1.82) is 0 Å². The van der Waals surface area contributed by atoms with Gasteiger partial charge < -0.3 is 9.73 Å². The van der Waals surface area contributed by atoms with Crippen LogP contribution in [0.4, 0.5) is 0 Å². The smallest absolute Gasteiger partial charge is 0.225 e. The Morgan fingerprint density at radius 1 is 1.11 bits per heavy atom. The van der Waals surface area contributed by atoms with Crippen molar-refractivity contribution >= 4 is 27.1 Å². The minimum Gasteiger partial charge on any atom is -0.468 e. The molecule has 1 N–H and O–H groups in total. The Morgan fingerprint density at radius 3 is 2.43 bits per heavy atom. The summed E-state index contributed by atoms with van der Waals surface area (Å²) in [6.07, 6.45) is 1.67. The van der Waals surface area contributed by atoms with E-state index >= 15 is 0 Å². The summed E-state index contributed by atoms with van der Waals surface area (Å²) >= 11 is 1.49. The lowest BCUT2D eigenvalue weighted by atomic mass is 10.0. The molecule has 0 fully saturated rings. The molecule has 1 aromatic carbocycles. The maximum atomic E-state index is 13.2. The molecule has 2 heterocycles. The molecule has 28 heavy (non-hydrogen) atoms. The molecule has 5 nitrogen and oxygen atoms in total. The third kappa shape index (κ3) is 4.72. The standard InChI is InChI=1S/C21H23NO4S2/c1-15(2)16-7-9-18(10-8-16)28(24,25)20(19-6-3-11-26-19)14-22-21(23)13-17-5-4-12-27-17/h3-12,15,20H,13-14H2,1-2H3,(H,22,23)/t20-/m0/s1. The topological polar surface area (TPSA) is 76.4 Å². The summed E-state index contributed by atoms with van der Waals surface area (Å²) in [6.45, 7) is 4.06. The van der Waals surface area contributed by atoms with Crippen LogP contribution < -0.4 is 5.32 Å². The molecular formula is C21H23NO4S2. The lowest BCUT2D eigenvalue weighted by molar-refractivity contribution is -0.120. The Kier molecular flexibility index (Phi) is 6.36. The third-order valence-electron chi connectivity index (χ3n) is 4.51. The Morgan fingerprint density at radius 2 is 1.86 bits per heavy atom. The molecule has 0 aliphatic rings. The van der Waals surface area contributed by atoms with Crippen molar-refractivity contribution in [2.75, 3.05) is 6.54 Å². The monoisotopic (exact) mass is 417 g/mol. The van der Waals surface area contributed by atoms with E-state index in [-0.39, 0.29) is 23.8 Å². The fourth-order valence-corrected chi connectivity index (χ4v) is 5.17. The largest absolute Gasteiger partial charge is 0.468 e. The molecule has 1 amide bonds. The number of sulfone groups is 1. The minimum absolute atomic E-state index is 0.0496. The van der Waals surface area contributed by atoms with Crippen LogP contribution in [0.1, 0.15) is 41.2 Å². The van der Waals surface area contributed by atoms with E-state index in [1.807, 2.05) is 29.6 Å². The fourth-order valence-electron chi connectivity index (χ4n) is 2.88. The quantitative estimate of drug-likeness (QED) is 0.592. The van der Waals surface area contributed by atoms with Gasteiger partial charge in [0.15, 0.2) is 9.84 Å². The van der Waals surface area contributed by atoms with Crippen molar-refractivity contribution in [3.8, 4) is 0 Å². The second-order valence-corrected chi connectivity index (χ2v) is 10.00. The fraction of sp³-hybridized carbons (Fsp3) is 0.286. The average molecular weight is 418 g/mol. The highest BCUT2D eigenvalue weighted by Crippen LogP contribution is 2.30. The number of rotatable bonds is 8. The van der Waals surface area contributed by atoms with E-state index in [0.717, 1.165) is 10.4 Å². The molecule has 148 valence electrons. The second kappa shape index (κ2) is 8.75. The summed E-state index contributed by atoms with van der Waals surface area (Å²) < 4.78 is 31.8. The first-order valence-electron chi connectivity index (χ1n) is 9.04. The van der Waals surface area contributed by atoms with Gasteiger partial charge in [0, 0.05) is 11.4 Å². The summed E-state index contributed by atoms with van der Waals surface area (Å²) in [7, 11) is -3.73. The maximum absolute atomic E-state index is 13.2. The normalized spacial score (nSPS) is 12.8. The van der Waals surface area contributed by atoms with Gasteiger partial charge in [0.1, 0.15) is 11.0 Å². The van der Waals surface area contributed by atoms with Crippen molar-refractivity contribution in [2.24, 2.45) is 0 Å². The first-order chi connectivity index (χ1) is 13.4. The highest BCUT2D eigenvalue weighted by atomic mass is 32.2. The van der Waals surface area contributed by atoms with Gasteiger partial charge in [-0.25, -0.2) is 8.42 Å². The predicted molar refractivity (Wildman–Crippen MR) is 110 cm³/mol. The summed E-state index contributed by atoms with van der Waals surface area (Å²) in [4.78, 5) is 13.4. The van der Waals surface area contributed by atoms with E-state index in [1.54, 1.807) is 24.3 Å². The van der Waals surface area contributed by atoms with Gasteiger partial charge >= 0.3 is 0 Å². The first-order valence-corrected chi connectivity index (χ1v) is 11.5.